The first-order chi connectivity index (χ1) is 10.4. The van der Waals surface area contributed by atoms with Crippen molar-refractivity contribution in [2.24, 2.45) is 5.41 Å². The van der Waals surface area contributed by atoms with Gasteiger partial charge in [0.15, 0.2) is 0 Å². The fraction of sp³-hybridized carbons (Fsp3) is 0.562. The van der Waals surface area contributed by atoms with Gasteiger partial charge in [0.2, 0.25) is 10.0 Å². The van der Waals surface area contributed by atoms with Crippen LogP contribution >= 0.6 is 0 Å². The highest BCUT2D eigenvalue weighted by molar-refractivity contribution is 7.89. The zero-order valence-electron chi connectivity index (χ0n) is 13.0. The number of piperidine rings is 1. The predicted octanol–water partition coefficient (Wildman–Crippen LogP) is 2.04. The van der Waals surface area contributed by atoms with Crippen LogP contribution in [0.3, 0.4) is 0 Å². The van der Waals surface area contributed by atoms with Crippen molar-refractivity contribution in [1.29, 1.82) is 5.26 Å². The Kier molecular flexibility index (Phi) is 4.90. The smallest absolute Gasteiger partial charge is 0.243 e. The Labute approximate surface area is 132 Å². The molecule has 1 heterocycles. The number of hydrogen-bond donors (Lipinski definition) is 1. The van der Waals surface area contributed by atoms with Gasteiger partial charge >= 0.3 is 0 Å². The molecule has 5 nitrogen and oxygen atoms in total. The first-order valence-corrected chi connectivity index (χ1v) is 8.94. The number of nitrogens with zero attached hydrogens (tertiary/aromatic N) is 2. The Morgan fingerprint density at radius 1 is 1.36 bits per heavy atom. The Morgan fingerprint density at radius 3 is 2.50 bits per heavy atom. The van der Waals surface area contributed by atoms with Crippen LogP contribution in [0.4, 0.5) is 0 Å². The highest BCUT2D eigenvalue weighted by Gasteiger charge is 2.37. The van der Waals surface area contributed by atoms with Crippen molar-refractivity contribution >= 4 is 10.0 Å². The van der Waals surface area contributed by atoms with Gasteiger partial charge in [-0.2, -0.15) is 9.57 Å². The molecule has 1 aliphatic rings. The van der Waals surface area contributed by atoms with Crippen LogP contribution in [0.5, 0.6) is 0 Å². The molecule has 0 saturated carbocycles. The Balaban J connectivity index is 2.28. The third kappa shape index (κ3) is 3.02. The van der Waals surface area contributed by atoms with Gasteiger partial charge in [-0.3, -0.25) is 0 Å². The van der Waals surface area contributed by atoms with Crippen LogP contribution in [-0.2, 0) is 10.0 Å². The first kappa shape index (κ1) is 16.9. The van der Waals surface area contributed by atoms with E-state index in [1.807, 2.05) is 13.0 Å². The molecule has 1 aromatic carbocycles. The van der Waals surface area contributed by atoms with Crippen molar-refractivity contribution in [1.82, 2.24) is 4.31 Å². The van der Waals surface area contributed by atoms with Crippen molar-refractivity contribution in [3.63, 3.8) is 0 Å². The zero-order valence-corrected chi connectivity index (χ0v) is 13.9. The van der Waals surface area contributed by atoms with Gasteiger partial charge in [0.1, 0.15) is 0 Å². The average Bonchev–Trinajstić information content (AvgIpc) is 2.55. The number of benzene rings is 1. The maximum atomic E-state index is 12.8. The van der Waals surface area contributed by atoms with Crippen LogP contribution in [0.2, 0.25) is 0 Å². The van der Waals surface area contributed by atoms with Crippen LogP contribution in [0.25, 0.3) is 0 Å². The molecule has 2 rings (SSSR count). The van der Waals surface area contributed by atoms with Gasteiger partial charge in [-0.05, 0) is 49.3 Å². The molecule has 22 heavy (non-hydrogen) atoms. The lowest BCUT2D eigenvalue weighted by atomic mass is 9.77. The summed E-state index contributed by atoms with van der Waals surface area (Å²) in [6, 6.07) is 6.72. The maximum Gasteiger partial charge on any atom is 0.243 e. The molecule has 0 aromatic heterocycles. The van der Waals surface area contributed by atoms with Crippen molar-refractivity contribution in [2.45, 2.75) is 38.0 Å². The largest absolute Gasteiger partial charge is 0.396 e. The molecule has 0 aliphatic carbocycles. The third-order valence-electron chi connectivity index (χ3n) is 4.80. The minimum atomic E-state index is -3.59. The molecule has 0 atom stereocenters. The molecule has 6 heteroatoms. The maximum absolute atomic E-state index is 12.8. The lowest BCUT2D eigenvalue weighted by Gasteiger charge is -2.39. The van der Waals surface area contributed by atoms with Gasteiger partial charge in [-0.15, -0.1) is 0 Å². The molecule has 1 saturated heterocycles. The minimum Gasteiger partial charge on any atom is -0.396 e. The standard InChI is InChI=1S/C16H22N2O3S/c1-3-16(12-19)6-8-18(9-7-16)22(20,21)15-10-14(11-17)5-4-13(15)2/h4-5,10,19H,3,6-9,12H2,1-2H3. The van der Waals surface area contributed by atoms with E-state index in [-0.39, 0.29) is 16.9 Å². The van der Waals surface area contributed by atoms with E-state index < -0.39 is 10.0 Å². The number of hydrogen-bond acceptors (Lipinski definition) is 4. The van der Waals surface area contributed by atoms with Crippen LogP contribution < -0.4 is 0 Å². The fourth-order valence-electron chi connectivity index (χ4n) is 2.91. The molecular formula is C16H22N2O3S. The molecule has 0 unspecified atom stereocenters. The van der Waals surface area contributed by atoms with Gasteiger partial charge in [0, 0.05) is 19.7 Å². The lowest BCUT2D eigenvalue weighted by molar-refractivity contribution is 0.0647. The molecule has 0 bridgehead atoms. The number of rotatable bonds is 4. The number of aryl methyl sites for hydroxylation is 1. The topological polar surface area (TPSA) is 81.4 Å². The van der Waals surface area contributed by atoms with Crippen molar-refractivity contribution in [3.8, 4) is 6.07 Å². The molecule has 0 amide bonds. The van der Waals surface area contributed by atoms with Crippen LogP contribution in [0.1, 0.15) is 37.3 Å². The summed E-state index contributed by atoms with van der Waals surface area (Å²) in [6.45, 7) is 4.68. The third-order valence-corrected chi connectivity index (χ3v) is 6.84. The normalized spacial score (nSPS) is 18.8. The zero-order chi connectivity index (χ0) is 16.4. The highest BCUT2D eigenvalue weighted by Crippen LogP contribution is 2.36. The first-order valence-electron chi connectivity index (χ1n) is 7.50. The second-order valence-corrected chi connectivity index (χ2v) is 7.91. The fourth-order valence-corrected chi connectivity index (χ4v) is 4.60. The molecule has 1 aliphatic heterocycles. The lowest BCUT2D eigenvalue weighted by Crippen LogP contribution is -2.44. The summed E-state index contributed by atoms with van der Waals surface area (Å²) in [5, 5.41) is 18.5. The van der Waals surface area contributed by atoms with Crippen molar-refractivity contribution in [3.05, 3.63) is 29.3 Å². The number of nitriles is 1. The van der Waals surface area contributed by atoms with Crippen LogP contribution in [0, 0.1) is 23.7 Å². The second-order valence-electron chi connectivity index (χ2n) is 6.01. The summed E-state index contributed by atoms with van der Waals surface area (Å²) >= 11 is 0. The van der Waals surface area contributed by atoms with E-state index in [0.29, 0.717) is 37.1 Å². The molecule has 0 spiro atoms. The summed E-state index contributed by atoms with van der Waals surface area (Å²) in [5.41, 5.74) is 0.836. The predicted molar refractivity (Wildman–Crippen MR) is 83.7 cm³/mol. The van der Waals surface area contributed by atoms with E-state index in [2.05, 4.69) is 0 Å². The van der Waals surface area contributed by atoms with Crippen molar-refractivity contribution in [2.75, 3.05) is 19.7 Å². The van der Waals surface area contributed by atoms with E-state index in [1.165, 1.54) is 10.4 Å². The van der Waals surface area contributed by atoms with Gasteiger partial charge in [0.05, 0.1) is 16.5 Å². The van der Waals surface area contributed by atoms with Crippen molar-refractivity contribution < 1.29 is 13.5 Å². The Morgan fingerprint density at radius 2 is 2.00 bits per heavy atom. The summed E-state index contributed by atoms with van der Waals surface area (Å²) in [4.78, 5) is 0.208. The minimum absolute atomic E-state index is 0.0976. The van der Waals surface area contributed by atoms with E-state index in [1.54, 1.807) is 19.1 Å². The summed E-state index contributed by atoms with van der Waals surface area (Å²) in [7, 11) is -3.59. The number of aliphatic hydroxyl groups excluding tert-OH is 1. The molecular weight excluding hydrogens is 300 g/mol. The van der Waals surface area contributed by atoms with E-state index in [0.717, 1.165) is 6.42 Å². The van der Waals surface area contributed by atoms with Crippen LogP contribution in [0.15, 0.2) is 23.1 Å². The van der Waals surface area contributed by atoms with E-state index in [4.69, 9.17) is 5.26 Å². The monoisotopic (exact) mass is 322 g/mol. The Bertz CT molecular complexity index is 678. The van der Waals surface area contributed by atoms with Crippen LogP contribution in [-0.4, -0.2) is 37.5 Å². The molecule has 1 aromatic rings. The quantitative estimate of drug-likeness (QED) is 0.919. The molecule has 1 N–H and O–H groups in total. The SMILES string of the molecule is CCC1(CO)CCN(S(=O)(=O)c2cc(C#N)ccc2C)CC1. The van der Waals surface area contributed by atoms with E-state index >= 15 is 0 Å². The number of sulfonamides is 1. The summed E-state index contributed by atoms with van der Waals surface area (Å²) in [6.07, 6.45) is 2.17. The van der Waals surface area contributed by atoms with Gasteiger partial charge in [0.25, 0.3) is 0 Å². The molecule has 1 fully saturated rings. The average molecular weight is 322 g/mol. The Hall–Kier alpha value is -1.42. The molecule has 0 radical (unpaired) electrons. The summed E-state index contributed by atoms with van der Waals surface area (Å²) in [5.74, 6) is 0. The molecule has 120 valence electrons. The van der Waals surface area contributed by atoms with Gasteiger partial charge in [-0.25, -0.2) is 8.42 Å². The summed E-state index contributed by atoms with van der Waals surface area (Å²) < 4.78 is 27.1. The highest BCUT2D eigenvalue weighted by atomic mass is 32.2. The second kappa shape index (κ2) is 6.37. The van der Waals surface area contributed by atoms with Gasteiger partial charge in [-0.1, -0.05) is 13.0 Å². The van der Waals surface area contributed by atoms with E-state index in [9.17, 15) is 13.5 Å². The van der Waals surface area contributed by atoms with Gasteiger partial charge < -0.3 is 5.11 Å². The number of aliphatic hydroxyl groups is 1.